The summed E-state index contributed by atoms with van der Waals surface area (Å²) in [6, 6.07) is 19.7. The summed E-state index contributed by atoms with van der Waals surface area (Å²) in [5.41, 5.74) is 2.27. The van der Waals surface area contributed by atoms with Gasteiger partial charge in [-0.25, -0.2) is 0 Å². The first kappa shape index (κ1) is 17.2. The van der Waals surface area contributed by atoms with Crippen LogP contribution in [0, 0.1) is 0 Å². The van der Waals surface area contributed by atoms with Crippen molar-refractivity contribution in [1.29, 1.82) is 0 Å². The van der Waals surface area contributed by atoms with Crippen molar-refractivity contribution in [3.63, 3.8) is 0 Å². The van der Waals surface area contributed by atoms with E-state index in [1.54, 1.807) is 0 Å². The lowest BCUT2D eigenvalue weighted by Gasteiger charge is -2.32. The number of nitrogens with zero attached hydrogens (tertiary/aromatic N) is 1. The Bertz CT molecular complexity index is 559. The lowest BCUT2D eigenvalue weighted by Crippen LogP contribution is -2.41. The van der Waals surface area contributed by atoms with Crippen LogP contribution in [0.5, 0.6) is 0 Å². The normalized spacial score (nSPS) is 13.7. The molecule has 2 aromatic rings. The fraction of sp³-hybridized carbons (Fsp3) is 0.316. The molecule has 23 heavy (non-hydrogen) atoms. The standard InChI is InChI=1S/C19H23NO3/c1-15(18(21)12-19(22)23)20(13-16-8-4-2-5-9-16)14-17-10-6-3-7-11-17/h2-11,15,18,21H,12-14H2,1H3,(H,22,23)/t15-,18+/m0/s1. The van der Waals surface area contributed by atoms with Crippen LogP contribution in [0.15, 0.2) is 60.7 Å². The van der Waals surface area contributed by atoms with Gasteiger partial charge in [0.2, 0.25) is 0 Å². The monoisotopic (exact) mass is 313 g/mol. The Morgan fingerprint density at radius 1 is 0.957 bits per heavy atom. The number of carboxylic acids is 1. The van der Waals surface area contributed by atoms with E-state index in [1.165, 1.54) is 0 Å². The van der Waals surface area contributed by atoms with E-state index in [0.717, 1.165) is 11.1 Å². The van der Waals surface area contributed by atoms with Crippen LogP contribution < -0.4 is 0 Å². The van der Waals surface area contributed by atoms with Crippen molar-refractivity contribution in [1.82, 2.24) is 4.90 Å². The average Bonchev–Trinajstić information content (AvgIpc) is 2.55. The first-order valence-corrected chi connectivity index (χ1v) is 7.78. The van der Waals surface area contributed by atoms with Crippen LogP contribution in [0.4, 0.5) is 0 Å². The summed E-state index contributed by atoms with van der Waals surface area (Å²) in [6.45, 7) is 3.20. The molecule has 2 N–H and O–H groups in total. The number of benzene rings is 2. The van der Waals surface area contributed by atoms with Crippen LogP contribution in [-0.2, 0) is 17.9 Å². The molecule has 0 bridgehead atoms. The van der Waals surface area contributed by atoms with Crippen molar-refractivity contribution >= 4 is 5.97 Å². The molecule has 0 saturated carbocycles. The van der Waals surface area contributed by atoms with E-state index >= 15 is 0 Å². The van der Waals surface area contributed by atoms with Crippen LogP contribution in [0.1, 0.15) is 24.5 Å². The number of hydrogen-bond acceptors (Lipinski definition) is 3. The molecule has 0 heterocycles. The van der Waals surface area contributed by atoms with Gasteiger partial charge in [0.25, 0.3) is 0 Å². The summed E-state index contributed by atoms with van der Waals surface area (Å²) < 4.78 is 0. The number of hydrogen-bond donors (Lipinski definition) is 2. The largest absolute Gasteiger partial charge is 0.481 e. The van der Waals surface area contributed by atoms with Crippen LogP contribution in [-0.4, -0.2) is 33.2 Å². The van der Waals surface area contributed by atoms with Crippen LogP contribution >= 0.6 is 0 Å². The topological polar surface area (TPSA) is 60.8 Å². The molecule has 4 nitrogen and oxygen atoms in total. The number of carbonyl (C=O) groups is 1. The molecule has 0 saturated heterocycles. The lowest BCUT2D eigenvalue weighted by molar-refractivity contribution is -0.140. The summed E-state index contributed by atoms with van der Waals surface area (Å²) in [7, 11) is 0. The molecule has 0 aliphatic carbocycles. The smallest absolute Gasteiger partial charge is 0.306 e. The molecule has 0 unspecified atom stereocenters. The zero-order valence-electron chi connectivity index (χ0n) is 13.3. The van der Waals surface area contributed by atoms with Gasteiger partial charge in [0, 0.05) is 19.1 Å². The third kappa shape index (κ3) is 5.51. The van der Waals surface area contributed by atoms with Crippen LogP contribution in [0.25, 0.3) is 0 Å². The molecule has 0 amide bonds. The second kappa shape index (κ2) is 8.46. The quantitative estimate of drug-likeness (QED) is 0.786. The Kier molecular flexibility index (Phi) is 6.32. The highest BCUT2D eigenvalue weighted by atomic mass is 16.4. The Morgan fingerprint density at radius 3 is 1.78 bits per heavy atom. The highest BCUT2D eigenvalue weighted by Crippen LogP contribution is 2.16. The molecule has 2 aromatic carbocycles. The van der Waals surface area contributed by atoms with Gasteiger partial charge in [0.05, 0.1) is 12.5 Å². The van der Waals surface area contributed by atoms with Crippen molar-refractivity contribution in [3.05, 3.63) is 71.8 Å². The molecule has 0 aliphatic heterocycles. The molecular formula is C19H23NO3. The minimum absolute atomic E-state index is 0.249. The van der Waals surface area contributed by atoms with Gasteiger partial charge < -0.3 is 10.2 Å². The Hall–Kier alpha value is -2.17. The first-order chi connectivity index (χ1) is 11.1. The van der Waals surface area contributed by atoms with Gasteiger partial charge in [0.15, 0.2) is 0 Å². The highest BCUT2D eigenvalue weighted by molar-refractivity contribution is 5.67. The fourth-order valence-electron chi connectivity index (χ4n) is 2.57. The minimum atomic E-state index is -0.983. The third-order valence-electron chi connectivity index (χ3n) is 3.97. The number of aliphatic carboxylic acids is 1. The summed E-state index contributed by atoms with van der Waals surface area (Å²) in [4.78, 5) is 13.0. The molecule has 2 rings (SSSR count). The Labute approximate surface area is 137 Å². The first-order valence-electron chi connectivity index (χ1n) is 7.78. The highest BCUT2D eigenvalue weighted by Gasteiger charge is 2.24. The minimum Gasteiger partial charge on any atom is -0.481 e. The average molecular weight is 313 g/mol. The summed E-state index contributed by atoms with van der Waals surface area (Å²) in [5.74, 6) is -0.983. The summed E-state index contributed by atoms with van der Waals surface area (Å²) in [6.07, 6.45) is -1.15. The number of carboxylic acid groups (broad SMARTS) is 1. The van der Waals surface area contributed by atoms with E-state index in [0.29, 0.717) is 13.1 Å². The van der Waals surface area contributed by atoms with E-state index in [1.807, 2.05) is 67.6 Å². The second-order valence-corrected chi connectivity index (χ2v) is 5.78. The Morgan fingerprint density at radius 2 is 1.39 bits per heavy atom. The zero-order valence-corrected chi connectivity index (χ0v) is 13.3. The second-order valence-electron chi connectivity index (χ2n) is 5.78. The maximum Gasteiger partial charge on any atom is 0.306 e. The maximum atomic E-state index is 10.9. The molecule has 0 aliphatic rings. The van der Waals surface area contributed by atoms with Gasteiger partial charge in [-0.2, -0.15) is 0 Å². The van der Waals surface area contributed by atoms with Crippen molar-refractivity contribution in [2.45, 2.75) is 38.6 Å². The van der Waals surface area contributed by atoms with Crippen molar-refractivity contribution in [2.75, 3.05) is 0 Å². The molecule has 0 radical (unpaired) electrons. The molecule has 122 valence electrons. The maximum absolute atomic E-state index is 10.9. The molecule has 0 aromatic heterocycles. The molecule has 2 atom stereocenters. The van der Waals surface area contributed by atoms with E-state index in [-0.39, 0.29) is 12.5 Å². The number of aliphatic hydroxyl groups excluding tert-OH is 1. The number of rotatable bonds is 8. The van der Waals surface area contributed by atoms with E-state index in [4.69, 9.17) is 5.11 Å². The van der Waals surface area contributed by atoms with E-state index in [9.17, 15) is 9.90 Å². The van der Waals surface area contributed by atoms with Crippen LogP contribution in [0.3, 0.4) is 0 Å². The van der Waals surface area contributed by atoms with Crippen molar-refractivity contribution < 1.29 is 15.0 Å². The van der Waals surface area contributed by atoms with Crippen LogP contribution in [0.2, 0.25) is 0 Å². The zero-order chi connectivity index (χ0) is 16.7. The number of aliphatic hydroxyl groups is 1. The predicted octanol–water partition coefficient (Wildman–Crippen LogP) is 2.91. The fourth-order valence-corrected chi connectivity index (χ4v) is 2.57. The van der Waals surface area contributed by atoms with E-state index < -0.39 is 12.1 Å². The van der Waals surface area contributed by atoms with Gasteiger partial charge in [0.1, 0.15) is 0 Å². The summed E-state index contributed by atoms with van der Waals surface area (Å²) in [5, 5.41) is 19.1. The predicted molar refractivity (Wildman–Crippen MR) is 89.9 cm³/mol. The van der Waals surface area contributed by atoms with Gasteiger partial charge in [-0.1, -0.05) is 60.7 Å². The van der Waals surface area contributed by atoms with Gasteiger partial charge in [-0.05, 0) is 18.1 Å². The SMILES string of the molecule is C[C@@H]([C@H](O)CC(=O)O)N(Cc1ccccc1)Cc1ccccc1. The van der Waals surface area contributed by atoms with Gasteiger partial charge in [-0.15, -0.1) is 0 Å². The van der Waals surface area contributed by atoms with Gasteiger partial charge in [-0.3, -0.25) is 9.69 Å². The summed E-state index contributed by atoms with van der Waals surface area (Å²) >= 11 is 0. The van der Waals surface area contributed by atoms with E-state index in [2.05, 4.69) is 4.90 Å². The molecule has 0 spiro atoms. The molecule has 4 heteroatoms. The lowest BCUT2D eigenvalue weighted by atomic mass is 10.1. The Balaban J connectivity index is 2.14. The van der Waals surface area contributed by atoms with Crippen molar-refractivity contribution in [3.8, 4) is 0 Å². The molecule has 0 fully saturated rings. The van der Waals surface area contributed by atoms with Gasteiger partial charge >= 0.3 is 5.97 Å². The van der Waals surface area contributed by atoms with Crippen molar-refractivity contribution in [2.24, 2.45) is 0 Å². The molecular weight excluding hydrogens is 290 g/mol. The third-order valence-corrected chi connectivity index (χ3v) is 3.97.